The van der Waals surface area contributed by atoms with Gasteiger partial charge in [0.05, 0.1) is 0 Å². The zero-order valence-corrected chi connectivity index (χ0v) is 12.8. The Morgan fingerprint density at radius 3 is 2.56 bits per heavy atom. The second kappa shape index (κ2) is 7.04. The summed E-state index contributed by atoms with van der Waals surface area (Å²) >= 11 is 1.45. The molecule has 3 N–H and O–H groups in total. The third-order valence-corrected chi connectivity index (χ3v) is 3.58. The monoisotopic (exact) mass is 270 g/mol. The average molecular weight is 270 g/mol. The second-order valence-electron chi connectivity index (χ2n) is 5.79. The van der Waals surface area contributed by atoms with E-state index in [0.29, 0.717) is 5.92 Å². The summed E-state index contributed by atoms with van der Waals surface area (Å²) in [4.78, 5) is 4.54. The number of hydrogen-bond acceptors (Lipinski definition) is 5. The number of nitrogens with zero attached hydrogens (tertiary/aromatic N) is 2. The number of anilines is 1. The van der Waals surface area contributed by atoms with Crippen molar-refractivity contribution in [3.05, 3.63) is 5.82 Å². The van der Waals surface area contributed by atoms with E-state index in [-0.39, 0.29) is 5.41 Å². The molecule has 4 nitrogen and oxygen atoms in total. The van der Waals surface area contributed by atoms with Gasteiger partial charge in [-0.3, -0.25) is 0 Å². The first-order valence-corrected chi connectivity index (χ1v) is 7.52. The average Bonchev–Trinajstić information content (AvgIpc) is 2.75. The summed E-state index contributed by atoms with van der Waals surface area (Å²) in [5.74, 6) is 1.56. The number of nitrogens with two attached hydrogens (primary N) is 1. The Morgan fingerprint density at radius 1 is 1.33 bits per heavy atom. The van der Waals surface area contributed by atoms with Crippen LogP contribution in [0.1, 0.15) is 52.8 Å². The molecule has 0 fully saturated rings. The molecule has 5 heteroatoms. The number of nitrogens with one attached hydrogen (secondary N) is 1. The van der Waals surface area contributed by atoms with Crippen LogP contribution in [0.25, 0.3) is 0 Å². The van der Waals surface area contributed by atoms with Crippen molar-refractivity contribution >= 4 is 16.7 Å². The molecule has 0 bridgehead atoms. The SMILES string of the molecule is CCCC(CCN)CNc1nc(C(C)(C)C)ns1. The van der Waals surface area contributed by atoms with E-state index in [9.17, 15) is 0 Å². The standard InChI is InChI=1S/C13H26N4S/c1-5-6-10(7-8-14)9-15-12-16-11(17-18-12)13(2,3)4/h10H,5-9,14H2,1-4H3,(H,15,16,17). The lowest BCUT2D eigenvalue weighted by molar-refractivity contribution is 0.473. The van der Waals surface area contributed by atoms with Crippen molar-refractivity contribution in [3.8, 4) is 0 Å². The fraction of sp³-hybridized carbons (Fsp3) is 0.846. The molecule has 1 rings (SSSR count). The fourth-order valence-corrected chi connectivity index (χ4v) is 2.59. The highest BCUT2D eigenvalue weighted by Crippen LogP contribution is 2.23. The van der Waals surface area contributed by atoms with Gasteiger partial charge in [0.15, 0.2) is 0 Å². The van der Waals surface area contributed by atoms with E-state index in [2.05, 4.69) is 42.4 Å². The summed E-state index contributed by atoms with van der Waals surface area (Å²) in [6.07, 6.45) is 3.50. The Balaban J connectivity index is 2.49. The van der Waals surface area contributed by atoms with Gasteiger partial charge in [0.2, 0.25) is 5.13 Å². The highest BCUT2D eigenvalue weighted by Gasteiger charge is 2.19. The molecule has 1 aromatic heterocycles. The third-order valence-electron chi connectivity index (χ3n) is 2.91. The lowest BCUT2D eigenvalue weighted by Gasteiger charge is -2.15. The molecule has 1 heterocycles. The van der Waals surface area contributed by atoms with Crippen LogP contribution in [-0.4, -0.2) is 22.4 Å². The highest BCUT2D eigenvalue weighted by atomic mass is 32.1. The van der Waals surface area contributed by atoms with E-state index in [1.165, 1.54) is 24.4 Å². The minimum atomic E-state index is 0.0243. The van der Waals surface area contributed by atoms with Gasteiger partial charge in [0.1, 0.15) is 5.82 Å². The second-order valence-corrected chi connectivity index (χ2v) is 6.54. The van der Waals surface area contributed by atoms with Crippen LogP contribution in [0.15, 0.2) is 0 Å². The zero-order chi connectivity index (χ0) is 13.6. The lowest BCUT2D eigenvalue weighted by atomic mass is 9.96. The van der Waals surface area contributed by atoms with Crippen LogP contribution < -0.4 is 11.1 Å². The Kier molecular flexibility index (Phi) is 6.02. The van der Waals surface area contributed by atoms with E-state index in [1.54, 1.807) is 0 Å². The molecule has 0 aliphatic heterocycles. The largest absolute Gasteiger partial charge is 0.360 e. The molecule has 0 radical (unpaired) electrons. The number of rotatable bonds is 7. The molecule has 0 saturated carbocycles. The van der Waals surface area contributed by atoms with Gasteiger partial charge >= 0.3 is 0 Å². The zero-order valence-electron chi connectivity index (χ0n) is 12.0. The first kappa shape index (κ1) is 15.4. The van der Waals surface area contributed by atoms with Gasteiger partial charge in [-0.2, -0.15) is 4.37 Å². The Hall–Kier alpha value is -0.680. The van der Waals surface area contributed by atoms with Gasteiger partial charge in [0, 0.05) is 23.5 Å². The summed E-state index contributed by atoms with van der Waals surface area (Å²) in [5, 5.41) is 4.32. The predicted molar refractivity (Wildman–Crippen MR) is 79.2 cm³/mol. The van der Waals surface area contributed by atoms with Gasteiger partial charge in [-0.05, 0) is 25.3 Å². The van der Waals surface area contributed by atoms with Crippen LogP contribution >= 0.6 is 11.5 Å². The minimum Gasteiger partial charge on any atom is -0.360 e. The lowest BCUT2D eigenvalue weighted by Crippen LogP contribution is -2.18. The van der Waals surface area contributed by atoms with Gasteiger partial charge in [-0.15, -0.1) is 0 Å². The molecular formula is C13H26N4S. The Labute approximate surface area is 115 Å². The molecule has 0 aliphatic carbocycles. The van der Waals surface area contributed by atoms with Crippen molar-refractivity contribution in [2.45, 2.75) is 52.4 Å². The molecule has 1 atom stereocenters. The fourth-order valence-electron chi connectivity index (χ4n) is 1.82. The van der Waals surface area contributed by atoms with E-state index in [0.717, 1.165) is 30.5 Å². The van der Waals surface area contributed by atoms with E-state index in [4.69, 9.17) is 5.73 Å². The summed E-state index contributed by atoms with van der Waals surface area (Å²) in [6.45, 7) is 10.3. The van der Waals surface area contributed by atoms with Crippen molar-refractivity contribution in [3.63, 3.8) is 0 Å². The minimum absolute atomic E-state index is 0.0243. The maximum Gasteiger partial charge on any atom is 0.202 e. The van der Waals surface area contributed by atoms with Gasteiger partial charge in [-0.1, -0.05) is 34.1 Å². The predicted octanol–water partition coefficient (Wildman–Crippen LogP) is 3.01. The maximum absolute atomic E-state index is 5.64. The normalized spacial score (nSPS) is 13.6. The van der Waals surface area contributed by atoms with E-state index >= 15 is 0 Å². The summed E-state index contributed by atoms with van der Waals surface area (Å²) in [5.41, 5.74) is 5.66. The van der Waals surface area contributed by atoms with Gasteiger partial charge in [0.25, 0.3) is 0 Å². The summed E-state index contributed by atoms with van der Waals surface area (Å²) < 4.78 is 4.40. The maximum atomic E-state index is 5.64. The Morgan fingerprint density at radius 2 is 2.06 bits per heavy atom. The van der Waals surface area contributed by atoms with Crippen molar-refractivity contribution in [2.24, 2.45) is 11.7 Å². The molecule has 0 amide bonds. The van der Waals surface area contributed by atoms with Crippen molar-refractivity contribution in [2.75, 3.05) is 18.4 Å². The molecule has 0 spiro atoms. The van der Waals surface area contributed by atoms with E-state index in [1.807, 2.05) is 0 Å². The topological polar surface area (TPSA) is 63.8 Å². The molecule has 1 unspecified atom stereocenters. The summed E-state index contributed by atoms with van der Waals surface area (Å²) in [6, 6.07) is 0. The van der Waals surface area contributed by atoms with Crippen LogP contribution in [-0.2, 0) is 5.41 Å². The highest BCUT2D eigenvalue weighted by molar-refractivity contribution is 7.09. The first-order chi connectivity index (χ1) is 8.47. The first-order valence-electron chi connectivity index (χ1n) is 6.75. The van der Waals surface area contributed by atoms with Crippen LogP contribution in [0.3, 0.4) is 0 Å². The molecule has 104 valence electrons. The Bertz CT molecular complexity index is 337. The molecular weight excluding hydrogens is 244 g/mol. The molecule has 18 heavy (non-hydrogen) atoms. The molecule has 0 saturated heterocycles. The van der Waals surface area contributed by atoms with Crippen molar-refractivity contribution in [1.29, 1.82) is 0 Å². The van der Waals surface area contributed by atoms with Crippen LogP contribution in [0.4, 0.5) is 5.13 Å². The van der Waals surface area contributed by atoms with E-state index < -0.39 is 0 Å². The van der Waals surface area contributed by atoms with Crippen molar-refractivity contribution in [1.82, 2.24) is 9.36 Å². The van der Waals surface area contributed by atoms with Crippen LogP contribution in [0.2, 0.25) is 0 Å². The van der Waals surface area contributed by atoms with Gasteiger partial charge in [-0.25, -0.2) is 4.98 Å². The molecule has 1 aromatic rings. The molecule has 0 aliphatic rings. The van der Waals surface area contributed by atoms with Gasteiger partial charge < -0.3 is 11.1 Å². The smallest absolute Gasteiger partial charge is 0.202 e. The number of aromatic nitrogens is 2. The van der Waals surface area contributed by atoms with Crippen molar-refractivity contribution < 1.29 is 0 Å². The summed E-state index contributed by atoms with van der Waals surface area (Å²) in [7, 11) is 0. The van der Waals surface area contributed by atoms with Crippen LogP contribution in [0, 0.1) is 5.92 Å². The molecule has 0 aromatic carbocycles. The van der Waals surface area contributed by atoms with Crippen LogP contribution in [0.5, 0.6) is 0 Å². The quantitative estimate of drug-likeness (QED) is 0.799. The number of hydrogen-bond donors (Lipinski definition) is 2. The third kappa shape index (κ3) is 4.90.